The van der Waals surface area contributed by atoms with Gasteiger partial charge in [-0.3, -0.25) is 4.79 Å². The fourth-order valence-corrected chi connectivity index (χ4v) is 8.93. The van der Waals surface area contributed by atoms with Gasteiger partial charge >= 0.3 is 5.97 Å². The predicted octanol–water partition coefficient (Wildman–Crippen LogP) is 2.21. The number of oxime groups is 1. The maximum absolute atomic E-state index is 14.3. The van der Waals surface area contributed by atoms with E-state index in [1.54, 1.807) is 55.6 Å². The minimum atomic E-state index is -1.97. The smallest absolute Gasteiger partial charge is 0.311 e. The number of carbonyl (C=O) groups excluding carboxylic acids is 1. The fraction of sp³-hybridized carbons (Fsp3) is 0.951. The zero-order valence-electron chi connectivity index (χ0n) is 37.3. The Hall–Kier alpha value is -1.58. The summed E-state index contributed by atoms with van der Waals surface area (Å²) in [6.45, 7) is 17.3. The number of nitrogens with zero attached hydrogens (tertiary/aromatic N) is 2. The second kappa shape index (κ2) is 21.5. The van der Waals surface area contributed by atoms with Crippen LogP contribution < -0.4 is 0 Å². The van der Waals surface area contributed by atoms with Crippen molar-refractivity contribution in [3.63, 3.8) is 0 Å². The predicted molar refractivity (Wildman–Crippen MR) is 212 cm³/mol. The minimum absolute atomic E-state index is 0.0307. The number of methoxy groups -OCH3 is 2. The van der Waals surface area contributed by atoms with Gasteiger partial charge in [0.25, 0.3) is 0 Å². The maximum atomic E-state index is 14.3. The van der Waals surface area contributed by atoms with Crippen molar-refractivity contribution in [3.8, 4) is 0 Å². The van der Waals surface area contributed by atoms with E-state index in [0.29, 0.717) is 18.7 Å². The zero-order valence-corrected chi connectivity index (χ0v) is 37.3. The van der Waals surface area contributed by atoms with Crippen LogP contribution in [0.2, 0.25) is 0 Å². The van der Waals surface area contributed by atoms with E-state index in [9.17, 15) is 30.3 Å². The number of rotatable bonds is 13. The molecular formula is C41H76N2O15. The molecule has 3 aliphatic rings. The van der Waals surface area contributed by atoms with Gasteiger partial charge in [0.2, 0.25) is 6.79 Å². The normalized spacial score (nSPS) is 45.8. The van der Waals surface area contributed by atoms with Gasteiger partial charge in [-0.15, -0.1) is 0 Å². The van der Waals surface area contributed by atoms with Gasteiger partial charge in [-0.1, -0.05) is 32.9 Å². The van der Waals surface area contributed by atoms with Crippen molar-refractivity contribution >= 4 is 11.7 Å². The highest BCUT2D eigenvalue weighted by Gasteiger charge is 2.53. The Balaban J connectivity index is 2.22. The largest absolute Gasteiger partial charge is 0.459 e. The molecule has 17 nitrogen and oxygen atoms in total. The summed E-state index contributed by atoms with van der Waals surface area (Å²) >= 11 is 0. The van der Waals surface area contributed by atoms with Crippen LogP contribution >= 0.6 is 0 Å². The first-order valence-electron chi connectivity index (χ1n) is 20.8. The Morgan fingerprint density at radius 1 is 0.897 bits per heavy atom. The van der Waals surface area contributed by atoms with Gasteiger partial charge < -0.3 is 73.2 Å². The molecule has 58 heavy (non-hydrogen) atoms. The Bertz CT molecular complexity index is 1300. The third-order valence-electron chi connectivity index (χ3n) is 12.6. The Kier molecular flexibility index (Phi) is 18.8. The molecule has 3 heterocycles. The van der Waals surface area contributed by atoms with Gasteiger partial charge in [-0.05, 0) is 74.9 Å². The SMILES string of the molecule is CC[C@H]1OC(=O)[C@H](C)[C@@H](O[C@@H]2C[C@](C)(OC)[C@H](O)[C@H](C)O2)[C@H](C)[C@@H](O[C@@H]2O[C@H](C)C[C@H](N(C)C)[C@H]2O)[C@](C)(O)C[C@@H](C)/C(=N/OCOCCOC)[C@H](C)[C@@H](O)[C@]1(C)O. The topological polar surface area (TPSA) is 217 Å². The summed E-state index contributed by atoms with van der Waals surface area (Å²) in [7, 11) is 6.76. The molecule has 3 rings (SSSR count). The molecular weight excluding hydrogens is 760 g/mol. The molecule has 0 amide bonds. The molecule has 0 bridgehead atoms. The van der Waals surface area contributed by atoms with Crippen LogP contribution in [0.15, 0.2) is 5.16 Å². The number of hydrogen-bond acceptors (Lipinski definition) is 17. The van der Waals surface area contributed by atoms with Gasteiger partial charge in [-0.2, -0.15) is 0 Å². The molecule has 0 aromatic rings. The van der Waals surface area contributed by atoms with Crippen molar-refractivity contribution in [2.45, 2.75) is 179 Å². The highest BCUT2D eigenvalue weighted by atomic mass is 16.7. The van der Waals surface area contributed by atoms with Crippen LogP contribution in [-0.2, 0) is 47.5 Å². The lowest BCUT2D eigenvalue weighted by molar-refractivity contribution is -0.317. The van der Waals surface area contributed by atoms with Crippen LogP contribution in [0, 0.1) is 23.7 Å². The number of esters is 1. The van der Waals surface area contributed by atoms with Crippen molar-refractivity contribution in [3.05, 3.63) is 0 Å². The molecule has 18 atom stereocenters. The number of carbonyl (C=O) groups is 1. The highest BCUT2D eigenvalue weighted by Crippen LogP contribution is 2.41. The lowest BCUT2D eigenvalue weighted by Crippen LogP contribution is -2.61. The van der Waals surface area contributed by atoms with Gasteiger partial charge in [0.15, 0.2) is 12.6 Å². The Morgan fingerprint density at radius 2 is 1.55 bits per heavy atom. The molecule has 0 aliphatic carbocycles. The summed E-state index contributed by atoms with van der Waals surface area (Å²) in [6.07, 6.45) is -9.49. The van der Waals surface area contributed by atoms with E-state index in [0.717, 1.165) is 0 Å². The first-order chi connectivity index (χ1) is 27.0. The molecule has 340 valence electrons. The summed E-state index contributed by atoms with van der Waals surface area (Å²) in [4.78, 5) is 21.8. The quantitative estimate of drug-likeness (QED) is 0.0778. The monoisotopic (exact) mass is 837 g/mol. The number of aliphatic hydroxyl groups is 5. The number of hydrogen-bond donors (Lipinski definition) is 5. The molecule has 3 fully saturated rings. The summed E-state index contributed by atoms with van der Waals surface area (Å²) in [5, 5.41) is 63.6. The van der Waals surface area contributed by atoms with Crippen LogP contribution in [-0.4, -0.2) is 175 Å². The van der Waals surface area contributed by atoms with Gasteiger partial charge in [0, 0.05) is 44.4 Å². The zero-order chi connectivity index (χ0) is 43.9. The van der Waals surface area contributed by atoms with Crippen molar-refractivity contribution in [2.24, 2.45) is 28.8 Å². The average Bonchev–Trinajstić information content (AvgIpc) is 3.15. The molecule has 0 radical (unpaired) electrons. The van der Waals surface area contributed by atoms with Crippen molar-refractivity contribution in [1.29, 1.82) is 0 Å². The number of likely N-dealkylation sites (N-methyl/N-ethyl adjacent to an activating group) is 1. The van der Waals surface area contributed by atoms with E-state index >= 15 is 0 Å². The number of ether oxygens (including phenoxy) is 8. The number of aliphatic hydroxyl groups excluding tert-OH is 3. The second-order valence-corrected chi connectivity index (χ2v) is 17.7. The van der Waals surface area contributed by atoms with Gasteiger partial charge in [0.05, 0.1) is 66.6 Å². The fourth-order valence-electron chi connectivity index (χ4n) is 8.93. The lowest BCUT2D eigenvalue weighted by Gasteiger charge is -2.49. The van der Waals surface area contributed by atoms with Crippen LogP contribution in [0.3, 0.4) is 0 Å². The Morgan fingerprint density at radius 3 is 2.14 bits per heavy atom. The number of cyclic esters (lactones) is 1. The molecule has 0 spiro atoms. The molecule has 0 saturated carbocycles. The van der Waals surface area contributed by atoms with Crippen LogP contribution in [0.4, 0.5) is 0 Å². The van der Waals surface area contributed by atoms with Crippen LogP contribution in [0.5, 0.6) is 0 Å². The first kappa shape index (κ1) is 50.8. The van der Waals surface area contributed by atoms with Crippen LogP contribution in [0.25, 0.3) is 0 Å². The van der Waals surface area contributed by atoms with E-state index in [2.05, 4.69) is 5.16 Å². The van der Waals surface area contributed by atoms with E-state index in [-0.39, 0.29) is 44.8 Å². The summed E-state index contributed by atoms with van der Waals surface area (Å²) in [5.41, 5.74) is -4.49. The lowest BCUT2D eigenvalue weighted by atomic mass is 9.73. The highest BCUT2D eigenvalue weighted by molar-refractivity contribution is 5.88. The van der Waals surface area contributed by atoms with Crippen molar-refractivity contribution in [2.75, 3.05) is 48.3 Å². The third kappa shape index (κ3) is 12.1. The van der Waals surface area contributed by atoms with Gasteiger partial charge in [0.1, 0.15) is 23.9 Å². The molecule has 3 aliphatic heterocycles. The summed E-state index contributed by atoms with van der Waals surface area (Å²) in [6, 6.07) is -0.328. The average molecular weight is 837 g/mol. The van der Waals surface area contributed by atoms with E-state index in [1.165, 1.54) is 14.0 Å². The minimum Gasteiger partial charge on any atom is -0.459 e. The summed E-state index contributed by atoms with van der Waals surface area (Å²) < 4.78 is 48.1. The molecule has 0 aromatic carbocycles. The molecule has 17 heteroatoms. The summed E-state index contributed by atoms with van der Waals surface area (Å²) in [5.74, 6) is -4.14. The molecule has 5 N–H and O–H groups in total. The molecule has 0 unspecified atom stereocenters. The molecule has 3 saturated heterocycles. The van der Waals surface area contributed by atoms with Crippen molar-refractivity contribution in [1.82, 2.24) is 4.90 Å². The molecule has 0 aromatic heterocycles. The second-order valence-electron chi connectivity index (χ2n) is 17.7. The van der Waals surface area contributed by atoms with E-state index in [4.69, 9.17) is 42.7 Å². The van der Waals surface area contributed by atoms with Crippen LogP contribution in [0.1, 0.15) is 94.9 Å². The van der Waals surface area contributed by atoms with E-state index < -0.39 is 102 Å². The third-order valence-corrected chi connectivity index (χ3v) is 12.6. The Labute approximate surface area is 345 Å². The maximum Gasteiger partial charge on any atom is 0.311 e. The standard InChI is InChI=1S/C41H76N2O15/c1-15-29-41(10,49)34(45)24(4)31(42-53-21-52-17-16-50-13)22(2)19-39(8,48)36(58-38-32(44)28(43(11)12)18-23(3)54-38)25(5)33(26(6)37(47)56-29)57-30-20-40(9,51-14)35(46)27(7)55-30/h22-30,32-36,38,44-46,48-49H,15-21H2,1-14H3/b42-31-/t22-,23-,24+,25+,26-,27+,28+,29-,30-,32-,33+,34-,35-,36-,38+,39-,40+,41-/m1/s1. The van der Waals surface area contributed by atoms with Gasteiger partial charge in [-0.25, -0.2) is 0 Å². The van der Waals surface area contributed by atoms with E-state index in [1.807, 2.05) is 32.8 Å². The van der Waals surface area contributed by atoms with Crippen molar-refractivity contribution < 1.29 is 73.1 Å². The first-order valence-corrected chi connectivity index (χ1v) is 20.8.